The van der Waals surface area contributed by atoms with Crippen LogP contribution in [0.5, 0.6) is 5.75 Å². The molecule has 2 N–H and O–H groups in total. The van der Waals surface area contributed by atoms with Gasteiger partial charge in [0.1, 0.15) is 5.75 Å². The van der Waals surface area contributed by atoms with Crippen molar-refractivity contribution < 1.29 is 4.74 Å². The normalized spacial score (nSPS) is 17.8. The largest absolute Gasteiger partial charge is 0.497 e. The Bertz CT molecular complexity index is 597. The van der Waals surface area contributed by atoms with Gasteiger partial charge < -0.3 is 10.5 Å². The molecule has 1 unspecified atom stereocenters. The van der Waals surface area contributed by atoms with Crippen molar-refractivity contribution in [1.29, 1.82) is 0 Å². The van der Waals surface area contributed by atoms with E-state index in [9.17, 15) is 0 Å². The number of nitrogen functional groups attached to an aromatic ring is 1. The van der Waals surface area contributed by atoms with E-state index in [2.05, 4.69) is 27.0 Å². The molecule has 0 saturated heterocycles. The van der Waals surface area contributed by atoms with E-state index in [0.29, 0.717) is 11.0 Å². The second kappa shape index (κ2) is 4.55. The van der Waals surface area contributed by atoms with E-state index in [1.807, 2.05) is 12.1 Å². The van der Waals surface area contributed by atoms with Crippen molar-refractivity contribution in [3.8, 4) is 5.75 Å². The number of hydrogen-bond acceptors (Lipinski definition) is 4. The molecule has 0 amide bonds. The van der Waals surface area contributed by atoms with Crippen molar-refractivity contribution in [2.24, 2.45) is 0 Å². The zero-order valence-corrected chi connectivity index (χ0v) is 12.3. The third-order valence-electron chi connectivity index (χ3n) is 3.31. The molecule has 0 bridgehead atoms. The van der Waals surface area contributed by atoms with Gasteiger partial charge in [-0.25, -0.2) is 4.98 Å². The first-order valence-corrected chi connectivity index (χ1v) is 7.38. The van der Waals surface area contributed by atoms with Crippen LogP contribution in [0.1, 0.15) is 28.5 Å². The minimum atomic E-state index is 0.388. The molecule has 0 saturated carbocycles. The molecule has 3 rings (SSSR count). The second-order valence-corrected chi connectivity index (χ2v) is 6.26. The second-order valence-electron chi connectivity index (χ2n) is 4.34. The van der Waals surface area contributed by atoms with Crippen LogP contribution in [0.3, 0.4) is 0 Å². The van der Waals surface area contributed by atoms with Crippen molar-refractivity contribution in [3.63, 3.8) is 0 Å². The molecule has 1 aliphatic rings. The number of ether oxygens (including phenoxy) is 1. The molecule has 1 heterocycles. The van der Waals surface area contributed by atoms with Gasteiger partial charge in [0.25, 0.3) is 0 Å². The predicted molar refractivity (Wildman–Crippen MR) is 77.4 cm³/mol. The number of anilines is 1. The minimum absolute atomic E-state index is 0.388. The van der Waals surface area contributed by atoms with Crippen LogP contribution in [0.15, 0.2) is 22.7 Å². The summed E-state index contributed by atoms with van der Waals surface area (Å²) in [6, 6.07) is 6.10. The first-order valence-electron chi connectivity index (χ1n) is 5.77. The lowest BCUT2D eigenvalue weighted by Crippen LogP contribution is -1.97. The van der Waals surface area contributed by atoms with E-state index in [1.54, 1.807) is 18.4 Å². The van der Waals surface area contributed by atoms with E-state index in [1.165, 1.54) is 10.4 Å². The van der Waals surface area contributed by atoms with Gasteiger partial charge in [-0.15, -0.1) is 11.3 Å². The first-order chi connectivity index (χ1) is 8.69. The summed E-state index contributed by atoms with van der Waals surface area (Å²) >= 11 is 5.23. The lowest BCUT2D eigenvalue weighted by atomic mass is 9.98. The molecule has 0 radical (unpaired) electrons. The third-order valence-corrected chi connectivity index (χ3v) is 5.07. The van der Waals surface area contributed by atoms with Crippen LogP contribution in [0.25, 0.3) is 0 Å². The van der Waals surface area contributed by atoms with Crippen LogP contribution in [0.2, 0.25) is 0 Å². The Morgan fingerprint density at radius 3 is 3.11 bits per heavy atom. The highest BCUT2D eigenvalue weighted by Gasteiger charge is 2.29. The van der Waals surface area contributed by atoms with Gasteiger partial charge in [0.2, 0.25) is 0 Å². The Balaban J connectivity index is 2.06. The number of nitrogens with two attached hydrogens (primary N) is 1. The number of rotatable bonds is 2. The standard InChI is InChI=1S/C13H13BrN2OS/c1-17-7-2-4-10(14)9(6-7)8-3-5-11-12(8)18-13(15)16-11/h2,4,6,8H,3,5H2,1H3,(H2,15,16). The highest BCUT2D eigenvalue weighted by atomic mass is 79.9. The lowest BCUT2D eigenvalue weighted by Gasteiger charge is -2.13. The van der Waals surface area contributed by atoms with E-state index < -0.39 is 0 Å². The number of halogens is 1. The Hall–Kier alpha value is -1.07. The molecule has 1 aliphatic carbocycles. The number of fused-ring (bicyclic) bond motifs is 1. The number of aryl methyl sites for hydroxylation is 1. The van der Waals surface area contributed by atoms with E-state index >= 15 is 0 Å². The Morgan fingerprint density at radius 2 is 2.33 bits per heavy atom. The zero-order chi connectivity index (χ0) is 12.7. The van der Waals surface area contributed by atoms with Crippen LogP contribution in [-0.2, 0) is 6.42 Å². The number of hydrogen-bond donors (Lipinski definition) is 1. The molecule has 94 valence electrons. The van der Waals surface area contributed by atoms with E-state index in [-0.39, 0.29) is 0 Å². The Morgan fingerprint density at radius 1 is 1.50 bits per heavy atom. The summed E-state index contributed by atoms with van der Waals surface area (Å²) in [5.74, 6) is 1.28. The van der Waals surface area contributed by atoms with Crippen LogP contribution < -0.4 is 10.5 Å². The fraction of sp³-hybridized carbons (Fsp3) is 0.308. The maximum absolute atomic E-state index is 5.79. The van der Waals surface area contributed by atoms with Crippen LogP contribution in [0.4, 0.5) is 5.13 Å². The summed E-state index contributed by atoms with van der Waals surface area (Å²) in [5, 5.41) is 0.670. The maximum Gasteiger partial charge on any atom is 0.180 e. The summed E-state index contributed by atoms with van der Waals surface area (Å²) in [6.07, 6.45) is 2.11. The summed E-state index contributed by atoms with van der Waals surface area (Å²) < 4.78 is 6.42. The number of thiazole rings is 1. The van der Waals surface area contributed by atoms with Gasteiger partial charge >= 0.3 is 0 Å². The van der Waals surface area contributed by atoms with Crippen molar-refractivity contribution in [3.05, 3.63) is 38.8 Å². The van der Waals surface area contributed by atoms with Gasteiger partial charge in [0.15, 0.2) is 5.13 Å². The average molecular weight is 325 g/mol. The molecule has 1 aromatic heterocycles. The van der Waals surface area contributed by atoms with Gasteiger partial charge in [0.05, 0.1) is 12.8 Å². The fourth-order valence-electron chi connectivity index (χ4n) is 2.46. The van der Waals surface area contributed by atoms with Crippen molar-refractivity contribution in [2.45, 2.75) is 18.8 Å². The molecule has 1 atom stereocenters. The monoisotopic (exact) mass is 324 g/mol. The fourth-order valence-corrected chi connectivity index (χ4v) is 4.02. The highest BCUT2D eigenvalue weighted by Crippen LogP contribution is 2.45. The molecule has 2 aromatic rings. The molecule has 0 spiro atoms. The minimum Gasteiger partial charge on any atom is -0.497 e. The Labute approximate surface area is 118 Å². The maximum atomic E-state index is 5.79. The Kier molecular flexibility index (Phi) is 3.03. The molecule has 18 heavy (non-hydrogen) atoms. The van der Waals surface area contributed by atoms with Gasteiger partial charge in [-0.2, -0.15) is 0 Å². The molecule has 5 heteroatoms. The van der Waals surface area contributed by atoms with Crippen molar-refractivity contribution in [1.82, 2.24) is 4.98 Å². The highest BCUT2D eigenvalue weighted by molar-refractivity contribution is 9.10. The predicted octanol–water partition coefficient (Wildman–Crippen LogP) is 3.57. The molecule has 1 aromatic carbocycles. The van der Waals surface area contributed by atoms with E-state index in [4.69, 9.17) is 10.5 Å². The number of aromatic nitrogens is 1. The summed E-state index contributed by atoms with van der Waals surface area (Å²) in [4.78, 5) is 5.70. The topological polar surface area (TPSA) is 48.1 Å². The molecular formula is C13H13BrN2OS. The van der Waals surface area contributed by atoms with Gasteiger partial charge in [-0.3, -0.25) is 0 Å². The quantitative estimate of drug-likeness (QED) is 0.918. The van der Waals surface area contributed by atoms with Crippen molar-refractivity contribution in [2.75, 3.05) is 12.8 Å². The number of nitrogens with zero attached hydrogens (tertiary/aromatic N) is 1. The molecular weight excluding hydrogens is 312 g/mol. The smallest absolute Gasteiger partial charge is 0.180 e. The van der Waals surface area contributed by atoms with Gasteiger partial charge in [0, 0.05) is 15.3 Å². The average Bonchev–Trinajstić information content (AvgIpc) is 2.89. The van der Waals surface area contributed by atoms with Gasteiger partial charge in [-0.05, 0) is 36.6 Å². The zero-order valence-electron chi connectivity index (χ0n) is 9.94. The molecule has 0 aliphatic heterocycles. The van der Waals surface area contributed by atoms with Crippen LogP contribution >= 0.6 is 27.3 Å². The summed E-state index contributed by atoms with van der Waals surface area (Å²) in [7, 11) is 1.69. The summed E-state index contributed by atoms with van der Waals surface area (Å²) in [6.45, 7) is 0. The van der Waals surface area contributed by atoms with E-state index in [0.717, 1.165) is 28.8 Å². The molecule has 3 nitrogen and oxygen atoms in total. The number of methoxy groups -OCH3 is 1. The van der Waals surface area contributed by atoms with Crippen molar-refractivity contribution >= 4 is 32.4 Å². The number of benzene rings is 1. The SMILES string of the molecule is COc1ccc(Br)c(C2CCc3nc(N)sc32)c1. The van der Waals surface area contributed by atoms with Gasteiger partial charge in [-0.1, -0.05) is 15.9 Å². The van der Waals surface area contributed by atoms with Crippen LogP contribution in [-0.4, -0.2) is 12.1 Å². The van der Waals surface area contributed by atoms with Crippen LogP contribution in [0, 0.1) is 0 Å². The third kappa shape index (κ3) is 1.91. The first kappa shape index (κ1) is 12.0. The molecule has 0 fully saturated rings. The lowest BCUT2D eigenvalue weighted by molar-refractivity contribution is 0.414. The summed E-state index contributed by atoms with van der Waals surface area (Å²) in [5.41, 5.74) is 8.22.